The number of halogens is 2. The molecule has 2 aromatic heterocycles. The Kier molecular flexibility index (Phi) is 4.30. The van der Waals surface area contributed by atoms with Crippen molar-refractivity contribution in [1.82, 2.24) is 4.57 Å². The van der Waals surface area contributed by atoms with Crippen LogP contribution in [0.2, 0.25) is 0 Å². The van der Waals surface area contributed by atoms with Gasteiger partial charge in [0.25, 0.3) is 11.1 Å². The first-order valence-corrected chi connectivity index (χ1v) is 11.4. The molecule has 0 spiro atoms. The van der Waals surface area contributed by atoms with Crippen molar-refractivity contribution in [3.8, 4) is 5.69 Å². The predicted molar refractivity (Wildman–Crippen MR) is 133 cm³/mol. The molecule has 4 aromatic carbocycles. The number of hydrogen-bond donors (Lipinski definition) is 1. The van der Waals surface area contributed by atoms with Gasteiger partial charge in [-0.15, -0.1) is 0 Å². The fraction of sp³-hybridized carbons (Fsp3) is 0.0400. The Morgan fingerprint density at radius 3 is 2.12 bits per heavy atom. The van der Waals surface area contributed by atoms with Gasteiger partial charge in [-0.25, -0.2) is 4.57 Å². The number of aromatic nitrogens is 1. The molecule has 0 aliphatic rings. The fourth-order valence-corrected chi connectivity index (χ4v) is 5.58. The lowest BCUT2D eigenvalue weighted by molar-refractivity contribution is 0.282. The Labute approximate surface area is 197 Å². The van der Waals surface area contributed by atoms with Gasteiger partial charge in [0.15, 0.2) is 0 Å². The summed E-state index contributed by atoms with van der Waals surface area (Å²) < 4.78 is 8.76. The van der Waals surface area contributed by atoms with Crippen LogP contribution < -0.4 is 11.1 Å². The summed E-state index contributed by atoms with van der Waals surface area (Å²) in [5, 5.41) is 13.3. The molecule has 0 bridgehead atoms. The minimum absolute atomic E-state index is 0.114. The summed E-state index contributed by atoms with van der Waals surface area (Å²) in [5.41, 5.74) is 1.64. The van der Waals surface area contributed by atoms with Crippen LogP contribution in [0.5, 0.6) is 0 Å². The van der Waals surface area contributed by atoms with Crippen molar-refractivity contribution in [1.29, 1.82) is 0 Å². The van der Waals surface area contributed by atoms with Crippen molar-refractivity contribution in [3.63, 3.8) is 0 Å². The van der Waals surface area contributed by atoms with Gasteiger partial charge in [0.05, 0.1) is 27.5 Å². The number of rotatable bonds is 2. The second-order valence-corrected chi connectivity index (χ2v) is 9.34. The van der Waals surface area contributed by atoms with E-state index in [9.17, 15) is 14.7 Å². The first kappa shape index (κ1) is 19.7. The lowest BCUT2D eigenvalue weighted by Crippen LogP contribution is -2.32. The minimum Gasteiger partial charge on any atom is -0.455 e. The molecule has 0 unspecified atom stereocenters. The zero-order chi connectivity index (χ0) is 22.1. The number of pyridine rings is 1. The standard InChI is InChI=1S/C25H13Br2NO4/c26-17-9-15-20-16(25(31)28(24(15)30)13-7-5-12(11-29)6-8-13)10-18(27)23-22(20)21(17)14-3-1-2-4-19(14)32-23/h1-10,29H,11H2. The van der Waals surface area contributed by atoms with Gasteiger partial charge in [0.1, 0.15) is 11.2 Å². The molecule has 5 nitrogen and oxygen atoms in total. The van der Waals surface area contributed by atoms with E-state index in [1.54, 1.807) is 36.4 Å². The van der Waals surface area contributed by atoms with Gasteiger partial charge in [-0.2, -0.15) is 0 Å². The van der Waals surface area contributed by atoms with Gasteiger partial charge in [0, 0.05) is 26.0 Å². The van der Waals surface area contributed by atoms with E-state index in [4.69, 9.17) is 4.42 Å². The van der Waals surface area contributed by atoms with Crippen LogP contribution in [-0.4, -0.2) is 9.67 Å². The maximum absolute atomic E-state index is 13.6. The highest BCUT2D eigenvalue weighted by Gasteiger charge is 2.23. The van der Waals surface area contributed by atoms with Crippen molar-refractivity contribution in [2.45, 2.75) is 6.61 Å². The molecule has 0 saturated heterocycles. The average Bonchev–Trinajstić information content (AvgIpc) is 2.81. The molecular formula is C25H13Br2NO4. The lowest BCUT2D eigenvalue weighted by atomic mass is 9.96. The molecule has 156 valence electrons. The quantitative estimate of drug-likeness (QED) is 0.216. The van der Waals surface area contributed by atoms with Crippen LogP contribution in [0.1, 0.15) is 5.56 Å². The number of aliphatic hydroxyl groups is 1. The van der Waals surface area contributed by atoms with Crippen LogP contribution in [-0.2, 0) is 6.61 Å². The van der Waals surface area contributed by atoms with Crippen LogP contribution in [0.25, 0.3) is 49.2 Å². The van der Waals surface area contributed by atoms with E-state index in [2.05, 4.69) is 31.9 Å². The van der Waals surface area contributed by atoms with Crippen molar-refractivity contribution < 1.29 is 9.52 Å². The van der Waals surface area contributed by atoms with E-state index in [1.807, 2.05) is 24.3 Å². The van der Waals surface area contributed by atoms with Crippen molar-refractivity contribution in [3.05, 3.63) is 95.9 Å². The molecular weight excluding hydrogens is 538 g/mol. The zero-order valence-electron chi connectivity index (χ0n) is 16.4. The first-order valence-electron chi connectivity index (χ1n) is 9.84. The number of para-hydroxylation sites is 1. The van der Waals surface area contributed by atoms with E-state index in [0.717, 1.165) is 20.6 Å². The molecule has 2 heterocycles. The summed E-state index contributed by atoms with van der Waals surface area (Å²) in [6.45, 7) is -0.114. The number of fused-ring (bicyclic) bond motifs is 2. The van der Waals surface area contributed by atoms with E-state index in [1.165, 1.54) is 4.57 Å². The molecule has 0 amide bonds. The Morgan fingerprint density at radius 2 is 1.44 bits per heavy atom. The van der Waals surface area contributed by atoms with Crippen LogP contribution in [0.15, 0.2) is 83.6 Å². The van der Waals surface area contributed by atoms with E-state index in [0.29, 0.717) is 43.0 Å². The van der Waals surface area contributed by atoms with Gasteiger partial charge >= 0.3 is 0 Å². The number of hydrogen-bond acceptors (Lipinski definition) is 4. The molecule has 7 heteroatoms. The maximum atomic E-state index is 13.6. The Hall–Kier alpha value is -3.00. The highest BCUT2D eigenvalue weighted by atomic mass is 79.9. The summed E-state index contributed by atoms with van der Waals surface area (Å²) >= 11 is 7.24. The third-order valence-electron chi connectivity index (χ3n) is 5.88. The van der Waals surface area contributed by atoms with E-state index >= 15 is 0 Å². The minimum atomic E-state index is -0.404. The average molecular weight is 551 g/mol. The highest BCUT2D eigenvalue weighted by Crippen LogP contribution is 2.43. The molecule has 0 aliphatic carbocycles. The lowest BCUT2D eigenvalue weighted by Gasteiger charge is -2.16. The summed E-state index contributed by atoms with van der Waals surface area (Å²) in [6, 6.07) is 17.9. The van der Waals surface area contributed by atoms with Gasteiger partial charge in [-0.3, -0.25) is 9.59 Å². The largest absolute Gasteiger partial charge is 0.455 e. The summed E-state index contributed by atoms with van der Waals surface area (Å²) in [5.74, 6) is 0. The SMILES string of the molecule is O=c1c2cc(Br)c3oc4ccccc4c4c(Br)cc(c(=O)n1-c1ccc(CO)cc1)c2c34. The number of benzene rings is 4. The summed E-state index contributed by atoms with van der Waals surface area (Å²) in [6.07, 6.45) is 0. The molecule has 6 rings (SSSR count). The first-order chi connectivity index (χ1) is 15.5. The van der Waals surface area contributed by atoms with Crippen LogP contribution >= 0.6 is 31.9 Å². The van der Waals surface area contributed by atoms with Crippen molar-refractivity contribution >= 4 is 75.3 Å². The number of aliphatic hydroxyl groups excluding tert-OH is 1. The normalized spacial score (nSPS) is 12.0. The van der Waals surface area contributed by atoms with Gasteiger partial charge in [0.2, 0.25) is 0 Å². The van der Waals surface area contributed by atoms with Crippen LogP contribution in [0.4, 0.5) is 0 Å². The molecule has 0 atom stereocenters. The Bertz CT molecular complexity index is 1780. The molecule has 0 radical (unpaired) electrons. The molecule has 0 fully saturated rings. The molecule has 1 N–H and O–H groups in total. The van der Waals surface area contributed by atoms with Gasteiger partial charge in [-0.1, -0.05) is 46.3 Å². The Morgan fingerprint density at radius 1 is 0.781 bits per heavy atom. The second kappa shape index (κ2) is 7.00. The zero-order valence-corrected chi connectivity index (χ0v) is 19.5. The van der Waals surface area contributed by atoms with Crippen LogP contribution in [0.3, 0.4) is 0 Å². The van der Waals surface area contributed by atoms with E-state index in [-0.39, 0.29) is 6.61 Å². The second-order valence-electron chi connectivity index (χ2n) is 7.63. The van der Waals surface area contributed by atoms with Crippen LogP contribution in [0, 0.1) is 0 Å². The van der Waals surface area contributed by atoms with Crippen molar-refractivity contribution in [2.24, 2.45) is 0 Å². The van der Waals surface area contributed by atoms with E-state index < -0.39 is 11.1 Å². The smallest absolute Gasteiger partial charge is 0.266 e. The van der Waals surface area contributed by atoms with Crippen molar-refractivity contribution in [2.75, 3.05) is 0 Å². The summed E-state index contributed by atoms with van der Waals surface area (Å²) in [7, 11) is 0. The third kappa shape index (κ3) is 2.59. The number of nitrogens with zero attached hydrogens (tertiary/aromatic N) is 1. The third-order valence-corrected chi connectivity index (χ3v) is 7.09. The predicted octanol–water partition coefficient (Wildman–Crippen LogP) is 5.86. The highest BCUT2D eigenvalue weighted by molar-refractivity contribution is 9.11. The monoisotopic (exact) mass is 549 g/mol. The van der Waals surface area contributed by atoms with Gasteiger partial charge < -0.3 is 9.52 Å². The molecule has 0 aliphatic heterocycles. The topological polar surface area (TPSA) is 72.4 Å². The Balaban J connectivity index is 1.87. The summed E-state index contributed by atoms with van der Waals surface area (Å²) in [4.78, 5) is 27.1. The van der Waals surface area contributed by atoms with Gasteiger partial charge in [-0.05, 0) is 51.8 Å². The molecule has 0 saturated carbocycles. The fourth-order valence-electron chi connectivity index (χ4n) is 4.43. The maximum Gasteiger partial charge on any atom is 0.266 e. The molecule has 6 aromatic rings. The molecule has 32 heavy (non-hydrogen) atoms.